The van der Waals surface area contributed by atoms with Crippen LogP contribution < -0.4 is 10.1 Å². The maximum Gasteiger partial charge on any atom is 0.252 e. The number of benzene rings is 2. The van der Waals surface area contributed by atoms with Gasteiger partial charge in [-0.1, -0.05) is 30.3 Å². The maximum atomic E-state index is 12.8. The smallest absolute Gasteiger partial charge is 0.252 e. The molecule has 5 nitrogen and oxygen atoms in total. The number of carbonyl (C=O) groups is 1. The third-order valence-corrected chi connectivity index (χ3v) is 5.80. The molecule has 0 spiro atoms. The van der Waals surface area contributed by atoms with Gasteiger partial charge in [0, 0.05) is 17.7 Å². The molecule has 2 aromatic carbocycles. The van der Waals surface area contributed by atoms with Crippen LogP contribution in [0.25, 0.3) is 0 Å². The lowest BCUT2D eigenvalue weighted by atomic mass is 9.77. The Morgan fingerprint density at radius 3 is 2.63 bits per heavy atom. The van der Waals surface area contributed by atoms with Gasteiger partial charge in [0.2, 0.25) is 0 Å². The van der Waals surface area contributed by atoms with E-state index in [-0.39, 0.29) is 18.4 Å². The highest BCUT2D eigenvalue weighted by atomic mass is 79.9. The number of rotatable bonds is 6. The first-order valence-electron chi connectivity index (χ1n) is 9.02. The molecule has 1 atom stereocenters. The van der Waals surface area contributed by atoms with Gasteiger partial charge in [-0.15, -0.1) is 0 Å². The largest absolute Gasteiger partial charge is 0.497 e. The van der Waals surface area contributed by atoms with E-state index in [9.17, 15) is 9.90 Å². The van der Waals surface area contributed by atoms with E-state index >= 15 is 0 Å². The van der Waals surface area contributed by atoms with Crippen molar-refractivity contribution in [1.82, 2.24) is 5.32 Å². The molecule has 0 aliphatic carbocycles. The molecule has 2 aromatic rings. The molecule has 0 saturated carbocycles. The van der Waals surface area contributed by atoms with E-state index in [0.29, 0.717) is 29.0 Å². The molecular formula is C21H24BrNO4. The second-order valence-corrected chi connectivity index (χ2v) is 7.56. The van der Waals surface area contributed by atoms with Crippen molar-refractivity contribution in [3.8, 4) is 5.75 Å². The zero-order valence-corrected chi connectivity index (χ0v) is 16.9. The van der Waals surface area contributed by atoms with Gasteiger partial charge in [-0.2, -0.15) is 0 Å². The monoisotopic (exact) mass is 433 g/mol. The number of nitrogens with one attached hydrogen (secondary N) is 1. The van der Waals surface area contributed by atoms with Gasteiger partial charge in [-0.3, -0.25) is 4.79 Å². The molecule has 1 saturated heterocycles. The van der Waals surface area contributed by atoms with Crippen molar-refractivity contribution in [1.29, 1.82) is 0 Å². The molecule has 1 fully saturated rings. The minimum absolute atomic E-state index is 0.0164. The van der Waals surface area contributed by atoms with Gasteiger partial charge < -0.3 is 19.9 Å². The van der Waals surface area contributed by atoms with Crippen LogP contribution in [0, 0.1) is 5.92 Å². The van der Waals surface area contributed by atoms with Gasteiger partial charge in [0.05, 0.1) is 19.2 Å². The Bertz CT molecular complexity index is 777. The Kier molecular flexibility index (Phi) is 6.52. The molecule has 0 radical (unpaired) electrons. The fourth-order valence-corrected chi connectivity index (χ4v) is 3.93. The summed E-state index contributed by atoms with van der Waals surface area (Å²) >= 11 is 3.41. The van der Waals surface area contributed by atoms with E-state index in [4.69, 9.17) is 9.47 Å². The molecule has 1 unspecified atom stereocenters. The molecule has 1 aliphatic rings. The normalized spacial score (nSPS) is 17.1. The van der Waals surface area contributed by atoms with E-state index in [1.165, 1.54) is 0 Å². The Morgan fingerprint density at radius 2 is 1.96 bits per heavy atom. The minimum Gasteiger partial charge on any atom is -0.497 e. The summed E-state index contributed by atoms with van der Waals surface area (Å²) < 4.78 is 11.3. The number of amides is 1. The zero-order valence-electron chi connectivity index (χ0n) is 15.3. The molecule has 1 amide bonds. The number of carbonyl (C=O) groups excluding carboxylic acids is 1. The SMILES string of the molecule is COc1ccc(Br)c(C(=O)NCC(O)(c2ccccc2)C2CCOCC2)c1. The van der Waals surface area contributed by atoms with Crippen LogP contribution >= 0.6 is 15.9 Å². The van der Waals surface area contributed by atoms with Gasteiger partial charge in [0.1, 0.15) is 11.4 Å². The molecule has 6 heteroatoms. The molecule has 144 valence electrons. The minimum atomic E-state index is -1.15. The summed E-state index contributed by atoms with van der Waals surface area (Å²) in [4.78, 5) is 12.8. The lowest BCUT2D eigenvalue weighted by molar-refractivity contribution is -0.0680. The Labute approximate surface area is 167 Å². The van der Waals surface area contributed by atoms with Crippen LogP contribution in [0.3, 0.4) is 0 Å². The highest BCUT2D eigenvalue weighted by molar-refractivity contribution is 9.10. The highest BCUT2D eigenvalue weighted by Gasteiger charge is 2.39. The van der Waals surface area contributed by atoms with Crippen LogP contribution in [-0.4, -0.2) is 37.9 Å². The Hall–Kier alpha value is -1.89. The van der Waals surface area contributed by atoms with Crippen LogP contribution in [0.5, 0.6) is 5.75 Å². The van der Waals surface area contributed by atoms with E-state index in [2.05, 4.69) is 21.2 Å². The van der Waals surface area contributed by atoms with Crippen molar-refractivity contribution in [3.05, 3.63) is 64.1 Å². The second kappa shape index (κ2) is 8.87. The van der Waals surface area contributed by atoms with Crippen LogP contribution in [0.15, 0.2) is 53.0 Å². The van der Waals surface area contributed by atoms with Crippen molar-refractivity contribution in [2.75, 3.05) is 26.9 Å². The average Bonchev–Trinajstić information content (AvgIpc) is 2.73. The number of aliphatic hydroxyl groups is 1. The highest BCUT2D eigenvalue weighted by Crippen LogP contribution is 2.36. The first-order valence-corrected chi connectivity index (χ1v) is 9.81. The van der Waals surface area contributed by atoms with Crippen molar-refractivity contribution in [2.24, 2.45) is 5.92 Å². The van der Waals surface area contributed by atoms with E-state index in [0.717, 1.165) is 18.4 Å². The molecule has 27 heavy (non-hydrogen) atoms. The van der Waals surface area contributed by atoms with Crippen molar-refractivity contribution in [3.63, 3.8) is 0 Å². The molecule has 0 bridgehead atoms. The molecule has 1 aliphatic heterocycles. The summed E-state index contributed by atoms with van der Waals surface area (Å²) in [6.45, 7) is 1.37. The first kappa shape index (κ1) is 19.9. The predicted molar refractivity (Wildman–Crippen MR) is 107 cm³/mol. The molecule has 3 rings (SSSR count). The standard InChI is InChI=1S/C21H24BrNO4/c1-26-17-7-8-19(22)18(13-17)20(24)23-14-21(25,15-5-3-2-4-6-15)16-9-11-27-12-10-16/h2-8,13,16,25H,9-12,14H2,1H3,(H,23,24). The number of hydrogen-bond acceptors (Lipinski definition) is 4. The van der Waals surface area contributed by atoms with Crippen LogP contribution in [0.2, 0.25) is 0 Å². The third-order valence-electron chi connectivity index (χ3n) is 5.11. The number of halogens is 1. The van der Waals surface area contributed by atoms with Gasteiger partial charge in [0.25, 0.3) is 5.91 Å². The number of hydrogen-bond donors (Lipinski definition) is 2. The Morgan fingerprint density at radius 1 is 1.26 bits per heavy atom. The molecule has 1 heterocycles. The van der Waals surface area contributed by atoms with Gasteiger partial charge in [-0.05, 0) is 58.5 Å². The first-order chi connectivity index (χ1) is 13.0. The van der Waals surface area contributed by atoms with Crippen molar-refractivity contribution < 1.29 is 19.4 Å². The van der Waals surface area contributed by atoms with Crippen LogP contribution in [0.4, 0.5) is 0 Å². The van der Waals surface area contributed by atoms with Crippen molar-refractivity contribution >= 4 is 21.8 Å². The van der Waals surface area contributed by atoms with Gasteiger partial charge in [0.15, 0.2) is 0 Å². The van der Waals surface area contributed by atoms with Gasteiger partial charge in [-0.25, -0.2) is 0 Å². The topological polar surface area (TPSA) is 67.8 Å². The number of methoxy groups -OCH3 is 1. The Balaban J connectivity index is 1.81. The average molecular weight is 434 g/mol. The third kappa shape index (κ3) is 4.51. The predicted octanol–water partition coefficient (Wildman–Crippen LogP) is 3.50. The quantitative estimate of drug-likeness (QED) is 0.731. The fraction of sp³-hybridized carbons (Fsp3) is 0.381. The molecule has 2 N–H and O–H groups in total. The lowest BCUT2D eigenvalue weighted by Gasteiger charge is -2.39. The second-order valence-electron chi connectivity index (χ2n) is 6.71. The van der Waals surface area contributed by atoms with E-state index in [1.807, 2.05) is 30.3 Å². The maximum absolute atomic E-state index is 12.8. The van der Waals surface area contributed by atoms with Crippen molar-refractivity contribution in [2.45, 2.75) is 18.4 Å². The summed E-state index contributed by atoms with van der Waals surface area (Å²) in [5.41, 5.74) is 0.130. The van der Waals surface area contributed by atoms with E-state index in [1.54, 1.807) is 25.3 Å². The number of ether oxygens (including phenoxy) is 2. The molecular weight excluding hydrogens is 410 g/mol. The van der Waals surface area contributed by atoms with Gasteiger partial charge >= 0.3 is 0 Å². The zero-order chi connectivity index (χ0) is 19.3. The van der Waals surface area contributed by atoms with Crippen LogP contribution in [0.1, 0.15) is 28.8 Å². The fourth-order valence-electron chi connectivity index (χ4n) is 3.50. The summed E-state index contributed by atoms with van der Waals surface area (Å²) in [5, 5.41) is 14.5. The van der Waals surface area contributed by atoms with Crippen LogP contribution in [-0.2, 0) is 10.3 Å². The lowest BCUT2D eigenvalue weighted by Crippen LogP contribution is -2.47. The summed E-state index contributed by atoms with van der Waals surface area (Å²) in [5.74, 6) is 0.357. The van der Waals surface area contributed by atoms with E-state index < -0.39 is 5.60 Å². The summed E-state index contributed by atoms with van der Waals surface area (Å²) in [7, 11) is 1.56. The summed E-state index contributed by atoms with van der Waals surface area (Å²) in [6, 6.07) is 14.8. The summed E-state index contributed by atoms with van der Waals surface area (Å²) in [6.07, 6.45) is 1.51. The molecule has 0 aromatic heterocycles.